The van der Waals surface area contributed by atoms with Gasteiger partial charge in [0.2, 0.25) is 0 Å². The van der Waals surface area contributed by atoms with Gasteiger partial charge in [-0.05, 0) is 103 Å². The Kier molecular flexibility index (Phi) is 9.25. The number of benzene rings is 8. The fourth-order valence-corrected chi connectivity index (χ4v) is 9.18. The number of hydrogen-bond donors (Lipinski definition) is 2. The lowest BCUT2D eigenvalue weighted by Gasteiger charge is -2.36. The summed E-state index contributed by atoms with van der Waals surface area (Å²) in [5, 5.41) is 24.4. The topological polar surface area (TPSA) is 40.5 Å². The van der Waals surface area contributed by atoms with Crippen molar-refractivity contribution >= 4 is 31.9 Å². The molecule has 0 atom stereocenters. The lowest BCUT2D eigenvalue weighted by Crippen LogP contribution is -2.29. The molecule has 0 aromatic heterocycles. The first-order chi connectivity index (χ1) is 26.9. The van der Waals surface area contributed by atoms with Gasteiger partial charge in [-0.3, -0.25) is 0 Å². The molecule has 0 radical (unpaired) electrons. The highest BCUT2D eigenvalue weighted by atomic mass is 79.9. The van der Waals surface area contributed by atoms with Crippen molar-refractivity contribution in [1.82, 2.24) is 0 Å². The number of fused-ring (bicyclic) bond motifs is 3. The second-order valence-corrected chi connectivity index (χ2v) is 16.1. The van der Waals surface area contributed by atoms with Crippen LogP contribution in [0.4, 0.5) is 0 Å². The summed E-state index contributed by atoms with van der Waals surface area (Å²) in [7, 11) is 0. The molecule has 1 aliphatic rings. The normalized spacial score (nSPS) is 12.6. The van der Waals surface area contributed by atoms with Crippen molar-refractivity contribution in [2.24, 2.45) is 0 Å². The van der Waals surface area contributed by atoms with Crippen LogP contribution in [0.3, 0.4) is 0 Å². The van der Waals surface area contributed by atoms with Crippen LogP contribution in [-0.2, 0) is 18.3 Å². The number of halogens is 2. The van der Waals surface area contributed by atoms with Crippen molar-refractivity contribution in [2.45, 2.75) is 18.3 Å². The molecule has 0 spiro atoms. The van der Waals surface area contributed by atoms with Crippen LogP contribution in [0.25, 0.3) is 33.4 Å². The van der Waals surface area contributed by atoms with Gasteiger partial charge in [-0.25, -0.2) is 0 Å². The minimum Gasteiger partial charge on any atom is -0.507 e. The minimum atomic E-state index is -0.858. The Hall–Kier alpha value is -5.68. The molecule has 8 aromatic rings. The number of phenols is 2. The van der Waals surface area contributed by atoms with E-state index in [4.69, 9.17) is 0 Å². The van der Waals surface area contributed by atoms with E-state index < -0.39 is 5.41 Å². The highest BCUT2D eigenvalue weighted by Crippen LogP contribution is 2.59. The van der Waals surface area contributed by atoms with E-state index in [2.05, 4.69) is 141 Å². The minimum absolute atomic E-state index is 0.274. The third-order valence-electron chi connectivity index (χ3n) is 10.9. The van der Waals surface area contributed by atoms with Crippen LogP contribution in [0.1, 0.15) is 44.5 Å². The maximum Gasteiger partial charge on any atom is 0.126 e. The van der Waals surface area contributed by atoms with E-state index in [1.807, 2.05) is 72.8 Å². The molecule has 55 heavy (non-hydrogen) atoms. The Bertz CT molecular complexity index is 2490. The quantitative estimate of drug-likeness (QED) is 0.160. The Morgan fingerprint density at radius 1 is 0.382 bits per heavy atom. The molecule has 0 saturated carbocycles. The Morgan fingerprint density at radius 3 is 1.13 bits per heavy atom. The fraction of sp³-hybridized carbons (Fsp3) is 0.0588. The standard InChI is InChI=1S/C51H36Br2O2/c52-41-21-23-43-44-24-22-42(53)32-48(44)51(47(43)31-41,39-27-37(25-33-13-5-1-6-14-33)49(54)45(29-39)35-17-9-3-10-18-35)40-28-38(26-34-15-7-2-8-16-34)50(55)46(30-40)36-19-11-4-12-20-36/h1-24,27-32,54-55H,25-26H2. The first-order valence-electron chi connectivity index (χ1n) is 18.4. The van der Waals surface area contributed by atoms with Gasteiger partial charge in [0.1, 0.15) is 11.5 Å². The summed E-state index contributed by atoms with van der Waals surface area (Å²) < 4.78 is 1.95. The summed E-state index contributed by atoms with van der Waals surface area (Å²) in [6.45, 7) is 0. The van der Waals surface area contributed by atoms with Gasteiger partial charge < -0.3 is 10.2 Å². The zero-order chi connectivity index (χ0) is 37.5. The molecule has 4 heteroatoms. The van der Waals surface area contributed by atoms with E-state index in [1.165, 1.54) is 0 Å². The average Bonchev–Trinajstić information content (AvgIpc) is 3.50. The maximum atomic E-state index is 12.2. The summed E-state index contributed by atoms with van der Waals surface area (Å²) in [4.78, 5) is 0. The second-order valence-electron chi connectivity index (χ2n) is 14.2. The van der Waals surface area contributed by atoms with Gasteiger partial charge in [-0.15, -0.1) is 0 Å². The monoisotopic (exact) mass is 838 g/mol. The van der Waals surface area contributed by atoms with E-state index in [0.29, 0.717) is 12.8 Å². The molecule has 0 heterocycles. The molecule has 266 valence electrons. The molecule has 0 unspecified atom stereocenters. The van der Waals surface area contributed by atoms with Gasteiger partial charge in [0.25, 0.3) is 0 Å². The summed E-state index contributed by atoms with van der Waals surface area (Å²) in [6.07, 6.45) is 1.11. The first kappa shape index (κ1) is 35.0. The van der Waals surface area contributed by atoms with Gasteiger partial charge in [0, 0.05) is 32.9 Å². The van der Waals surface area contributed by atoms with Crippen LogP contribution in [-0.4, -0.2) is 10.2 Å². The third-order valence-corrected chi connectivity index (χ3v) is 11.9. The zero-order valence-electron chi connectivity index (χ0n) is 29.9. The smallest absolute Gasteiger partial charge is 0.126 e. The van der Waals surface area contributed by atoms with Crippen LogP contribution >= 0.6 is 31.9 Å². The molecule has 0 fully saturated rings. The van der Waals surface area contributed by atoms with Crippen molar-refractivity contribution in [1.29, 1.82) is 0 Å². The van der Waals surface area contributed by atoms with E-state index in [1.54, 1.807) is 0 Å². The van der Waals surface area contributed by atoms with Crippen LogP contribution in [0, 0.1) is 0 Å². The zero-order valence-corrected chi connectivity index (χ0v) is 33.1. The van der Waals surface area contributed by atoms with Crippen LogP contribution in [0.15, 0.2) is 191 Å². The molecule has 8 aromatic carbocycles. The van der Waals surface area contributed by atoms with Crippen molar-refractivity contribution in [3.05, 3.63) is 235 Å². The lowest BCUT2D eigenvalue weighted by molar-refractivity contribution is 0.470. The number of rotatable bonds is 8. The molecule has 2 nitrogen and oxygen atoms in total. The van der Waals surface area contributed by atoms with Crippen molar-refractivity contribution in [3.8, 4) is 44.9 Å². The maximum absolute atomic E-state index is 12.2. The Balaban J connectivity index is 1.43. The van der Waals surface area contributed by atoms with Crippen LogP contribution in [0.2, 0.25) is 0 Å². The predicted molar refractivity (Wildman–Crippen MR) is 232 cm³/mol. The van der Waals surface area contributed by atoms with Crippen molar-refractivity contribution in [3.63, 3.8) is 0 Å². The highest BCUT2D eigenvalue weighted by molar-refractivity contribution is 9.10. The van der Waals surface area contributed by atoms with Gasteiger partial charge in [-0.2, -0.15) is 0 Å². The first-order valence-corrected chi connectivity index (χ1v) is 20.0. The fourth-order valence-electron chi connectivity index (χ4n) is 8.46. The van der Waals surface area contributed by atoms with Gasteiger partial charge in [-0.1, -0.05) is 177 Å². The van der Waals surface area contributed by atoms with E-state index in [9.17, 15) is 10.2 Å². The summed E-state index contributed by atoms with van der Waals surface area (Å²) in [6, 6.07) is 62.9. The third kappa shape index (κ3) is 6.30. The Labute approximate surface area is 338 Å². The summed E-state index contributed by atoms with van der Waals surface area (Å²) >= 11 is 7.75. The van der Waals surface area contributed by atoms with Gasteiger partial charge >= 0.3 is 0 Å². The van der Waals surface area contributed by atoms with Crippen LogP contribution < -0.4 is 0 Å². The average molecular weight is 841 g/mol. The number of hydrogen-bond acceptors (Lipinski definition) is 2. The van der Waals surface area contributed by atoms with Gasteiger partial charge in [0.15, 0.2) is 0 Å². The van der Waals surface area contributed by atoms with Gasteiger partial charge in [0.05, 0.1) is 5.41 Å². The molecule has 0 amide bonds. The van der Waals surface area contributed by atoms with E-state index in [0.717, 1.165) is 86.8 Å². The van der Waals surface area contributed by atoms with Crippen molar-refractivity contribution < 1.29 is 10.2 Å². The van der Waals surface area contributed by atoms with E-state index >= 15 is 0 Å². The number of phenolic OH excluding ortho intramolecular Hbond substituents is 2. The van der Waals surface area contributed by atoms with Crippen LogP contribution in [0.5, 0.6) is 11.5 Å². The number of aromatic hydroxyl groups is 2. The molecule has 1 aliphatic carbocycles. The van der Waals surface area contributed by atoms with E-state index in [-0.39, 0.29) is 11.5 Å². The largest absolute Gasteiger partial charge is 0.507 e. The highest BCUT2D eigenvalue weighted by Gasteiger charge is 2.47. The molecule has 2 N–H and O–H groups in total. The SMILES string of the molecule is Oc1c(Cc2ccccc2)cc(C2(c3cc(Cc4ccccc4)c(O)c(-c4ccccc4)c3)c3cc(Br)ccc3-c3ccc(Br)cc32)cc1-c1ccccc1. The summed E-state index contributed by atoms with van der Waals surface area (Å²) in [5.41, 5.74) is 13.1. The predicted octanol–water partition coefficient (Wildman–Crippen LogP) is 13.5. The Morgan fingerprint density at radius 2 is 0.745 bits per heavy atom. The second kappa shape index (κ2) is 14.5. The molecule has 0 aliphatic heterocycles. The molecular formula is C51H36Br2O2. The van der Waals surface area contributed by atoms with Crippen molar-refractivity contribution in [2.75, 3.05) is 0 Å². The summed E-state index contributed by atoms with van der Waals surface area (Å²) in [5.74, 6) is 0.549. The molecule has 9 rings (SSSR count). The molecule has 0 saturated heterocycles. The molecular weight excluding hydrogens is 804 g/mol. The lowest BCUT2D eigenvalue weighted by atomic mass is 9.66. The molecule has 0 bridgehead atoms.